The van der Waals surface area contributed by atoms with Crippen LogP contribution in [0.5, 0.6) is 0 Å². The van der Waals surface area contributed by atoms with E-state index in [0.29, 0.717) is 0 Å². The number of hydrogen-bond acceptors (Lipinski definition) is 2. The van der Waals surface area contributed by atoms with Gasteiger partial charge in [-0.1, -0.05) is 97.8 Å². The van der Waals surface area contributed by atoms with E-state index in [-0.39, 0.29) is 6.04 Å². The molecular weight excluding hydrogens is 310 g/mol. The lowest BCUT2D eigenvalue weighted by Gasteiger charge is -2.29. The number of hydrogen-bond donors (Lipinski definition) is 1. The van der Waals surface area contributed by atoms with Gasteiger partial charge in [-0.15, -0.1) is 0 Å². The molecule has 0 amide bonds. The Bertz CT molecular complexity index is 278. The van der Waals surface area contributed by atoms with Crippen molar-refractivity contribution < 1.29 is 9.90 Å². The Balaban J connectivity index is 4.29. The summed E-state index contributed by atoms with van der Waals surface area (Å²) >= 11 is 0. The first-order chi connectivity index (χ1) is 12.2. The number of aliphatic carboxylic acids is 1. The van der Waals surface area contributed by atoms with Gasteiger partial charge >= 0.3 is 5.97 Å². The van der Waals surface area contributed by atoms with Gasteiger partial charge in [-0.25, -0.2) is 0 Å². The molecule has 0 aliphatic rings. The maximum Gasteiger partial charge on any atom is 0.320 e. The first-order valence-corrected chi connectivity index (χ1v) is 11.1. The normalized spacial score (nSPS) is 12.6. The van der Waals surface area contributed by atoms with Crippen LogP contribution in [0.15, 0.2) is 0 Å². The lowest BCUT2D eigenvalue weighted by molar-refractivity contribution is -0.143. The maximum absolute atomic E-state index is 11.8. The summed E-state index contributed by atoms with van der Waals surface area (Å²) in [6, 6.07) is -0.272. The molecule has 0 bridgehead atoms. The van der Waals surface area contributed by atoms with Crippen molar-refractivity contribution in [2.75, 3.05) is 13.1 Å². The highest BCUT2D eigenvalue weighted by Gasteiger charge is 2.24. The smallest absolute Gasteiger partial charge is 0.320 e. The van der Waals surface area contributed by atoms with E-state index < -0.39 is 5.97 Å². The zero-order chi connectivity index (χ0) is 18.8. The van der Waals surface area contributed by atoms with E-state index in [9.17, 15) is 9.90 Å². The van der Waals surface area contributed by atoms with Gasteiger partial charge in [-0.2, -0.15) is 0 Å². The Labute approximate surface area is 157 Å². The molecule has 0 aliphatic heterocycles. The molecule has 150 valence electrons. The molecule has 1 atom stereocenters. The van der Waals surface area contributed by atoms with Gasteiger partial charge in [0.05, 0.1) is 0 Å². The Hall–Kier alpha value is -0.570. The van der Waals surface area contributed by atoms with Crippen molar-refractivity contribution in [3.63, 3.8) is 0 Å². The average molecular weight is 356 g/mol. The molecule has 0 heterocycles. The van der Waals surface area contributed by atoms with Crippen LogP contribution in [-0.4, -0.2) is 35.1 Å². The van der Waals surface area contributed by atoms with Crippen molar-refractivity contribution in [2.24, 2.45) is 0 Å². The standard InChI is InChI=1S/C22H45NO2/c1-4-7-10-12-14-16-19-23(20-17-15-13-11-8-5-2)21(22(24)25)18-9-6-3/h21H,4-20H2,1-3H3,(H,24,25). The van der Waals surface area contributed by atoms with E-state index in [0.717, 1.165) is 45.2 Å². The third-order valence-corrected chi connectivity index (χ3v) is 5.15. The summed E-state index contributed by atoms with van der Waals surface area (Å²) < 4.78 is 0. The van der Waals surface area contributed by atoms with Crippen LogP contribution in [0.3, 0.4) is 0 Å². The molecule has 25 heavy (non-hydrogen) atoms. The van der Waals surface area contributed by atoms with Crippen LogP contribution < -0.4 is 0 Å². The fourth-order valence-electron chi connectivity index (χ4n) is 3.47. The highest BCUT2D eigenvalue weighted by molar-refractivity contribution is 5.73. The third-order valence-electron chi connectivity index (χ3n) is 5.15. The Morgan fingerprint density at radius 2 is 1.08 bits per heavy atom. The summed E-state index contributed by atoms with van der Waals surface area (Å²) in [4.78, 5) is 14.0. The second-order valence-electron chi connectivity index (χ2n) is 7.57. The number of carbonyl (C=O) groups is 1. The number of unbranched alkanes of at least 4 members (excludes halogenated alkanes) is 11. The molecule has 1 N–H and O–H groups in total. The molecule has 0 rings (SSSR count). The van der Waals surface area contributed by atoms with Crippen LogP contribution in [0.2, 0.25) is 0 Å². The molecule has 0 spiro atoms. The first-order valence-electron chi connectivity index (χ1n) is 11.1. The molecule has 0 aromatic heterocycles. The molecule has 3 heteroatoms. The average Bonchev–Trinajstić information content (AvgIpc) is 2.60. The summed E-state index contributed by atoms with van der Waals surface area (Å²) in [5.41, 5.74) is 0. The van der Waals surface area contributed by atoms with Gasteiger partial charge in [-0.05, 0) is 32.4 Å². The summed E-state index contributed by atoms with van der Waals surface area (Å²) in [7, 11) is 0. The van der Waals surface area contributed by atoms with Crippen LogP contribution in [0.1, 0.15) is 117 Å². The van der Waals surface area contributed by atoms with Crippen molar-refractivity contribution >= 4 is 5.97 Å². The van der Waals surface area contributed by atoms with E-state index >= 15 is 0 Å². The zero-order valence-corrected chi connectivity index (χ0v) is 17.4. The number of nitrogens with zero attached hydrogens (tertiary/aromatic N) is 1. The monoisotopic (exact) mass is 355 g/mol. The van der Waals surface area contributed by atoms with Crippen molar-refractivity contribution in [2.45, 2.75) is 123 Å². The van der Waals surface area contributed by atoms with Gasteiger partial charge in [0, 0.05) is 0 Å². The Morgan fingerprint density at radius 3 is 1.48 bits per heavy atom. The highest BCUT2D eigenvalue weighted by Crippen LogP contribution is 2.15. The molecule has 0 saturated heterocycles. The predicted molar refractivity (Wildman–Crippen MR) is 109 cm³/mol. The van der Waals surface area contributed by atoms with E-state index in [1.807, 2.05) is 0 Å². The summed E-state index contributed by atoms with van der Waals surface area (Å²) in [5, 5.41) is 9.67. The summed E-state index contributed by atoms with van der Waals surface area (Å²) in [5.74, 6) is -0.620. The Morgan fingerprint density at radius 1 is 0.680 bits per heavy atom. The zero-order valence-electron chi connectivity index (χ0n) is 17.4. The van der Waals surface area contributed by atoms with Crippen molar-refractivity contribution in [1.82, 2.24) is 4.90 Å². The van der Waals surface area contributed by atoms with Crippen LogP contribution in [-0.2, 0) is 4.79 Å². The molecule has 0 fully saturated rings. The predicted octanol–water partition coefficient (Wildman–Crippen LogP) is 6.65. The van der Waals surface area contributed by atoms with Crippen LogP contribution in [0, 0.1) is 0 Å². The van der Waals surface area contributed by atoms with Gasteiger partial charge in [0.25, 0.3) is 0 Å². The maximum atomic E-state index is 11.8. The van der Waals surface area contributed by atoms with Gasteiger partial charge in [0.15, 0.2) is 0 Å². The Kier molecular flexibility index (Phi) is 17.8. The topological polar surface area (TPSA) is 40.5 Å². The van der Waals surface area contributed by atoms with E-state index in [1.165, 1.54) is 64.2 Å². The first kappa shape index (κ1) is 24.4. The minimum absolute atomic E-state index is 0.272. The third kappa shape index (κ3) is 14.3. The minimum atomic E-state index is -0.620. The van der Waals surface area contributed by atoms with Crippen molar-refractivity contribution in [1.29, 1.82) is 0 Å². The minimum Gasteiger partial charge on any atom is -0.480 e. The van der Waals surface area contributed by atoms with E-state index in [1.54, 1.807) is 0 Å². The fourth-order valence-corrected chi connectivity index (χ4v) is 3.47. The van der Waals surface area contributed by atoms with Gasteiger partial charge in [0.2, 0.25) is 0 Å². The second-order valence-corrected chi connectivity index (χ2v) is 7.57. The lowest BCUT2D eigenvalue weighted by Crippen LogP contribution is -2.42. The summed E-state index contributed by atoms with van der Waals surface area (Å²) in [6.45, 7) is 8.55. The quantitative estimate of drug-likeness (QED) is 0.264. The SMILES string of the molecule is CCCCCCCCN(CCCCCCCC)C(CCCC)C(=O)O. The number of rotatable bonds is 19. The fraction of sp³-hybridized carbons (Fsp3) is 0.955. The van der Waals surface area contributed by atoms with E-state index in [4.69, 9.17) is 0 Å². The van der Waals surface area contributed by atoms with Crippen molar-refractivity contribution in [3.8, 4) is 0 Å². The van der Waals surface area contributed by atoms with Crippen molar-refractivity contribution in [3.05, 3.63) is 0 Å². The molecule has 0 aromatic rings. The molecule has 0 radical (unpaired) electrons. The number of carboxylic acid groups (broad SMARTS) is 1. The molecule has 0 aromatic carbocycles. The van der Waals surface area contributed by atoms with Crippen LogP contribution in [0.4, 0.5) is 0 Å². The molecule has 1 unspecified atom stereocenters. The van der Waals surface area contributed by atoms with Gasteiger partial charge in [-0.3, -0.25) is 9.69 Å². The van der Waals surface area contributed by atoms with E-state index in [2.05, 4.69) is 25.7 Å². The van der Waals surface area contributed by atoms with Crippen LogP contribution >= 0.6 is 0 Å². The second kappa shape index (κ2) is 18.2. The molecule has 0 aliphatic carbocycles. The largest absolute Gasteiger partial charge is 0.480 e. The van der Waals surface area contributed by atoms with Crippen LogP contribution in [0.25, 0.3) is 0 Å². The molecule has 3 nitrogen and oxygen atoms in total. The highest BCUT2D eigenvalue weighted by atomic mass is 16.4. The lowest BCUT2D eigenvalue weighted by atomic mass is 10.1. The summed E-state index contributed by atoms with van der Waals surface area (Å²) in [6.07, 6.45) is 18.1. The molecular formula is C22H45NO2. The molecule has 0 saturated carbocycles. The van der Waals surface area contributed by atoms with Gasteiger partial charge < -0.3 is 5.11 Å². The number of carboxylic acids is 1. The van der Waals surface area contributed by atoms with Gasteiger partial charge in [0.1, 0.15) is 6.04 Å².